The van der Waals surface area contributed by atoms with Crippen LogP contribution in [-0.4, -0.2) is 0 Å². The molecule has 2 nitrogen and oxygen atoms in total. The molecule has 1 heterocycles. The van der Waals surface area contributed by atoms with Gasteiger partial charge in [-0.25, -0.2) is 0 Å². The van der Waals surface area contributed by atoms with Gasteiger partial charge in [-0.15, -0.1) is 0 Å². The number of ether oxygens (including phenoxy) is 1. The predicted molar refractivity (Wildman–Crippen MR) is 218 cm³/mol. The summed E-state index contributed by atoms with van der Waals surface area (Å²) in [6.07, 6.45) is 0. The van der Waals surface area contributed by atoms with Gasteiger partial charge in [-0.1, -0.05) is 152 Å². The van der Waals surface area contributed by atoms with E-state index in [2.05, 4.69) is 205 Å². The molecule has 0 amide bonds. The van der Waals surface area contributed by atoms with Gasteiger partial charge in [0.15, 0.2) is 5.75 Å². The minimum atomic E-state index is 0.822. The molecule has 0 N–H and O–H groups in total. The van der Waals surface area contributed by atoms with Crippen molar-refractivity contribution in [2.45, 2.75) is 0 Å². The Balaban J connectivity index is 1.24. The van der Waals surface area contributed by atoms with Gasteiger partial charge in [0.25, 0.3) is 0 Å². The zero-order chi connectivity index (χ0) is 34.4. The molecular formula is C50H33NO. The zero-order valence-electron chi connectivity index (χ0n) is 28.4. The first kappa shape index (κ1) is 30.0. The number of para-hydroxylation sites is 1. The second-order valence-corrected chi connectivity index (χ2v) is 13.3. The van der Waals surface area contributed by atoms with Crippen LogP contribution in [0.3, 0.4) is 0 Å². The van der Waals surface area contributed by atoms with E-state index in [0.717, 1.165) is 61.9 Å². The molecule has 10 rings (SSSR count). The molecule has 0 unspecified atom stereocenters. The summed E-state index contributed by atoms with van der Waals surface area (Å²) in [7, 11) is 0. The highest BCUT2D eigenvalue weighted by molar-refractivity contribution is 6.05. The minimum Gasteiger partial charge on any atom is -0.454 e. The lowest BCUT2D eigenvalue weighted by Gasteiger charge is -2.28. The highest BCUT2D eigenvalue weighted by atomic mass is 16.5. The van der Waals surface area contributed by atoms with Crippen LogP contribution >= 0.6 is 0 Å². The topological polar surface area (TPSA) is 12.5 Å². The van der Waals surface area contributed by atoms with Crippen molar-refractivity contribution in [2.75, 3.05) is 4.90 Å². The number of fused-ring (bicyclic) bond motifs is 7. The smallest absolute Gasteiger partial charge is 0.159 e. The molecule has 0 saturated carbocycles. The molecule has 9 aromatic rings. The highest BCUT2D eigenvalue weighted by Gasteiger charge is 2.28. The molecule has 0 aromatic heterocycles. The number of hydrogen-bond donors (Lipinski definition) is 0. The third-order valence-corrected chi connectivity index (χ3v) is 10.2. The van der Waals surface area contributed by atoms with Crippen molar-refractivity contribution in [3.05, 3.63) is 200 Å². The van der Waals surface area contributed by atoms with E-state index in [4.69, 9.17) is 4.74 Å². The predicted octanol–water partition coefficient (Wildman–Crippen LogP) is 14.2. The summed E-state index contributed by atoms with van der Waals surface area (Å²) in [5, 5.41) is 4.78. The molecule has 2 heteroatoms. The summed E-state index contributed by atoms with van der Waals surface area (Å²) in [6, 6.07) is 71.6. The van der Waals surface area contributed by atoms with Crippen molar-refractivity contribution >= 4 is 38.6 Å². The van der Waals surface area contributed by atoms with Gasteiger partial charge in [-0.3, -0.25) is 0 Å². The molecule has 0 saturated heterocycles. The average molecular weight is 664 g/mol. The van der Waals surface area contributed by atoms with Gasteiger partial charge >= 0.3 is 0 Å². The van der Waals surface area contributed by atoms with Gasteiger partial charge in [-0.2, -0.15) is 0 Å². The lowest BCUT2D eigenvalue weighted by Crippen LogP contribution is -2.11. The van der Waals surface area contributed by atoms with E-state index < -0.39 is 0 Å². The Morgan fingerprint density at radius 3 is 1.62 bits per heavy atom. The lowest BCUT2D eigenvalue weighted by molar-refractivity contribution is 0.489. The van der Waals surface area contributed by atoms with Crippen LogP contribution < -0.4 is 9.64 Å². The average Bonchev–Trinajstić information content (AvgIpc) is 3.35. The standard InChI is InChI=1S/C50H33NO/c1-3-13-34(14-4-1)36-25-28-41(29-26-36)51(42-30-27-35-15-7-8-18-38(35)31-42)47-23-11-22-44-45-32-39-19-9-10-20-40(39)33-46(45)49-43(37-16-5-2-6-17-37)21-12-24-48(49)52-50(44)47/h1-33H. The van der Waals surface area contributed by atoms with E-state index in [9.17, 15) is 0 Å². The summed E-state index contributed by atoms with van der Waals surface area (Å²) < 4.78 is 7.27. The van der Waals surface area contributed by atoms with E-state index in [-0.39, 0.29) is 0 Å². The second kappa shape index (κ2) is 12.5. The molecule has 0 spiro atoms. The Bertz CT molecular complexity index is 2750. The third-order valence-electron chi connectivity index (χ3n) is 10.2. The first-order chi connectivity index (χ1) is 25.8. The van der Waals surface area contributed by atoms with Gasteiger partial charge in [0, 0.05) is 22.5 Å². The van der Waals surface area contributed by atoms with Gasteiger partial charge < -0.3 is 9.64 Å². The molecule has 0 bridgehead atoms. The van der Waals surface area contributed by atoms with Gasteiger partial charge in [0.1, 0.15) is 5.75 Å². The summed E-state index contributed by atoms with van der Waals surface area (Å²) in [6.45, 7) is 0. The Labute approximate surface area is 303 Å². The number of anilines is 3. The normalized spacial score (nSPS) is 11.6. The number of rotatable bonds is 5. The van der Waals surface area contributed by atoms with E-state index in [0.29, 0.717) is 0 Å². The van der Waals surface area contributed by atoms with Crippen LogP contribution in [0.15, 0.2) is 200 Å². The number of benzene rings is 9. The Kier molecular flexibility index (Phi) is 7.18. The first-order valence-electron chi connectivity index (χ1n) is 17.8. The molecule has 1 aliphatic rings. The van der Waals surface area contributed by atoms with E-state index in [1.807, 2.05) is 0 Å². The van der Waals surface area contributed by atoms with Crippen LogP contribution in [0.5, 0.6) is 11.5 Å². The fourth-order valence-electron chi connectivity index (χ4n) is 7.73. The molecule has 0 atom stereocenters. The Morgan fingerprint density at radius 2 is 0.885 bits per heavy atom. The summed E-state index contributed by atoms with van der Waals surface area (Å²) >= 11 is 0. The van der Waals surface area contributed by atoms with Crippen LogP contribution in [-0.2, 0) is 0 Å². The summed E-state index contributed by atoms with van der Waals surface area (Å²) in [4.78, 5) is 2.34. The second-order valence-electron chi connectivity index (χ2n) is 13.3. The molecule has 9 aromatic carbocycles. The van der Waals surface area contributed by atoms with Crippen molar-refractivity contribution in [3.8, 4) is 56.0 Å². The summed E-state index contributed by atoms with van der Waals surface area (Å²) in [5.74, 6) is 1.66. The molecular weight excluding hydrogens is 631 g/mol. The van der Waals surface area contributed by atoms with Crippen molar-refractivity contribution in [1.82, 2.24) is 0 Å². The zero-order valence-corrected chi connectivity index (χ0v) is 28.4. The van der Waals surface area contributed by atoms with Gasteiger partial charge in [0.2, 0.25) is 0 Å². The first-order valence-corrected chi connectivity index (χ1v) is 17.8. The fourth-order valence-corrected chi connectivity index (χ4v) is 7.73. The molecule has 1 aliphatic heterocycles. The van der Waals surface area contributed by atoms with Crippen molar-refractivity contribution in [3.63, 3.8) is 0 Å². The Hall–Kier alpha value is -6.90. The minimum absolute atomic E-state index is 0.822. The molecule has 52 heavy (non-hydrogen) atoms. The fraction of sp³-hybridized carbons (Fsp3) is 0. The monoisotopic (exact) mass is 663 g/mol. The van der Waals surface area contributed by atoms with Crippen molar-refractivity contribution < 1.29 is 4.74 Å². The van der Waals surface area contributed by atoms with Crippen LogP contribution in [0.1, 0.15) is 0 Å². The highest BCUT2D eigenvalue weighted by Crippen LogP contribution is 2.55. The lowest BCUT2D eigenvalue weighted by atomic mass is 9.87. The maximum Gasteiger partial charge on any atom is 0.159 e. The summed E-state index contributed by atoms with van der Waals surface area (Å²) in [5.41, 5.74) is 12.2. The van der Waals surface area contributed by atoms with Crippen LogP contribution in [0.2, 0.25) is 0 Å². The maximum atomic E-state index is 7.27. The number of nitrogens with zero attached hydrogens (tertiary/aromatic N) is 1. The maximum absolute atomic E-state index is 7.27. The van der Waals surface area contributed by atoms with Crippen molar-refractivity contribution in [2.24, 2.45) is 0 Å². The van der Waals surface area contributed by atoms with Crippen LogP contribution in [0.25, 0.3) is 66.1 Å². The van der Waals surface area contributed by atoms with Gasteiger partial charge in [-0.05, 0) is 103 Å². The largest absolute Gasteiger partial charge is 0.454 e. The van der Waals surface area contributed by atoms with Crippen molar-refractivity contribution in [1.29, 1.82) is 0 Å². The van der Waals surface area contributed by atoms with Crippen LogP contribution in [0.4, 0.5) is 17.1 Å². The van der Waals surface area contributed by atoms with Crippen LogP contribution in [0, 0.1) is 0 Å². The third kappa shape index (κ3) is 5.12. The molecule has 0 fully saturated rings. The molecule has 0 radical (unpaired) electrons. The quantitative estimate of drug-likeness (QED) is 0.182. The van der Waals surface area contributed by atoms with E-state index >= 15 is 0 Å². The Morgan fingerprint density at radius 1 is 0.327 bits per heavy atom. The number of hydrogen-bond acceptors (Lipinski definition) is 2. The van der Waals surface area contributed by atoms with Gasteiger partial charge in [0.05, 0.1) is 5.69 Å². The van der Waals surface area contributed by atoms with E-state index in [1.165, 1.54) is 32.7 Å². The molecule has 244 valence electrons. The van der Waals surface area contributed by atoms with E-state index in [1.54, 1.807) is 0 Å². The molecule has 0 aliphatic carbocycles. The SMILES string of the molecule is c1ccc(-c2ccc(N(c3ccc4ccccc4c3)c3cccc4c3Oc3cccc(-c5ccccc5)c3-c3cc5ccccc5cc3-4)cc2)cc1.